The largest absolute Gasteiger partial charge is 0.490 e. The molecule has 1 aromatic carbocycles. The second kappa shape index (κ2) is 10.5. The Balaban J connectivity index is 2.03. The number of hydrogen-bond acceptors (Lipinski definition) is 4. The summed E-state index contributed by atoms with van der Waals surface area (Å²) in [6, 6.07) is 2.68. The smallest absolute Gasteiger partial charge is 0.350 e. The zero-order valence-electron chi connectivity index (χ0n) is 20.7. The van der Waals surface area contributed by atoms with Crippen molar-refractivity contribution in [2.24, 2.45) is 13.0 Å². The van der Waals surface area contributed by atoms with Crippen molar-refractivity contribution >= 4 is 5.91 Å². The van der Waals surface area contributed by atoms with Crippen LogP contribution < -0.4 is 15.7 Å². The molecule has 1 atom stereocenters. The summed E-state index contributed by atoms with van der Waals surface area (Å²) in [5.74, 6) is 0.157. The summed E-state index contributed by atoms with van der Waals surface area (Å²) in [5.41, 5.74) is -0.327. The Hall–Kier alpha value is -2.64. The molecule has 3 rings (SSSR count). The standard InChI is InChI=1S/C25H37FN4O3/c1-15(2)12-17(5)33-22-14-21(30-25(32)29(6)23(28-30)16(3)4)20(26)13-19(22)24(31)27-18-10-8-7-9-11-18/h13-18H,7-12H2,1-6H3,(H,27,31). The first-order valence-corrected chi connectivity index (χ1v) is 12.1. The molecule has 182 valence electrons. The van der Waals surface area contributed by atoms with Gasteiger partial charge in [-0.2, -0.15) is 4.68 Å². The van der Waals surface area contributed by atoms with Gasteiger partial charge in [0, 0.05) is 25.1 Å². The van der Waals surface area contributed by atoms with Crippen LogP contribution in [0.5, 0.6) is 5.75 Å². The molecule has 1 saturated carbocycles. The fourth-order valence-corrected chi connectivity index (χ4v) is 4.53. The average molecular weight is 461 g/mol. The van der Waals surface area contributed by atoms with E-state index in [9.17, 15) is 9.59 Å². The van der Waals surface area contributed by atoms with Crippen LogP contribution in [0.25, 0.3) is 5.69 Å². The Kier molecular flexibility index (Phi) is 7.97. The summed E-state index contributed by atoms with van der Waals surface area (Å²) in [6.45, 7) is 9.95. The van der Waals surface area contributed by atoms with Crippen molar-refractivity contribution in [1.82, 2.24) is 19.7 Å². The van der Waals surface area contributed by atoms with Crippen molar-refractivity contribution in [3.05, 3.63) is 39.8 Å². The minimum atomic E-state index is -0.692. The highest BCUT2D eigenvalue weighted by atomic mass is 19.1. The van der Waals surface area contributed by atoms with Crippen LogP contribution in [0.2, 0.25) is 0 Å². The summed E-state index contributed by atoms with van der Waals surface area (Å²) in [6.07, 6.45) is 5.77. The van der Waals surface area contributed by atoms with E-state index >= 15 is 4.39 Å². The summed E-state index contributed by atoms with van der Waals surface area (Å²) in [5, 5.41) is 7.39. The number of aromatic nitrogens is 3. The van der Waals surface area contributed by atoms with Crippen molar-refractivity contribution in [3.8, 4) is 11.4 Å². The van der Waals surface area contributed by atoms with Gasteiger partial charge in [-0.3, -0.25) is 9.36 Å². The minimum absolute atomic E-state index is 0.00524. The highest BCUT2D eigenvalue weighted by molar-refractivity contribution is 5.97. The number of halogens is 1. The molecule has 1 heterocycles. The van der Waals surface area contributed by atoms with Gasteiger partial charge in [-0.05, 0) is 38.2 Å². The fraction of sp³-hybridized carbons (Fsp3) is 0.640. The molecule has 1 fully saturated rings. The van der Waals surface area contributed by atoms with Crippen LogP contribution in [0.1, 0.15) is 95.2 Å². The maximum atomic E-state index is 15.3. The van der Waals surface area contributed by atoms with Crippen molar-refractivity contribution in [2.45, 2.75) is 91.2 Å². The van der Waals surface area contributed by atoms with E-state index in [1.165, 1.54) is 23.1 Å². The van der Waals surface area contributed by atoms with Crippen LogP contribution in [0.4, 0.5) is 4.39 Å². The number of carbonyl (C=O) groups excluding carboxylic acids is 1. The lowest BCUT2D eigenvalue weighted by Gasteiger charge is -2.24. The Morgan fingerprint density at radius 3 is 2.42 bits per heavy atom. The van der Waals surface area contributed by atoms with Gasteiger partial charge in [0.2, 0.25) is 0 Å². The van der Waals surface area contributed by atoms with Crippen LogP contribution in [0.3, 0.4) is 0 Å². The van der Waals surface area contributed by atoms with E-state index in [0.29, 0.717) is 11.7 Å². The number of benzene rings is 1. The van der Waals surface area contributed by atoms with E-state index in [1.54, 1.807) is 7.05 Å². The maximum Gasteiger partial charge on any atom is 0.350 e. The third kappa shape index (κ3) is 5.84. The van der Waals surface area contributed by atoms with Crippen molar-refractivity contribution in [3.63, 3.8) is 0 Å². The molecule has 0 radical (unpaired) electrons. The first-order chi connectivity index (χ1) is 15.6. The number of ether oxygens (including phenoxy) is 1. The normalized spacial score (nSPS) is 15.8. The van der Waals surface area contributed by atoms with Gasteiger partial charge in [0.05, 0.1) is 11.7 Å². The number of nitrogens with one attached hydrogen (secondary N) is 1. The molecule has 1 aromatic heterocycles. The lowest BCUT2D eigenvalue weighted by molar-refractivity contribution is 0.0919. The first kappa shape index (κ1) is 25.0. The molecule has 2 aromatic rings. The predicted molar refractivity (Wildman–Crippen MR) is 127 cm³/mol. The molecule has 0 saturated heterocycles. The van der Waals surface area contributed by atoms with Crippen molar-refractivity contribution < 1.29 is 13.9 Å². The predicted octanol–water partition coefficient (Wildman–Crippen LogP) is 4.71. The van der Waals surface area contributed by atoms with Crippen molar-refractivity contribution in [2.75, 3.05) is 0 Å². The molecular formula is C25H37FN4O3. The quantitative estimate of drug-likeness (QED) is 0.619. The van der Waals surface area contributed by atoms with Crippen LogP contribution in [0, 0.1) is 11.7 Å². The average Bonchev–Trinajstić information content (AvgIpc) is 3.04. The number of nitrogens with zero attached hydrogens (tertiary/aromatic N) is 3. The number of amides is 1. The van der Waals surface area contributed by atoms with Gasteiger partial charge < -0.3 is 10.1 Å². The Morgan fingerprint density at radius 2 is 1.85 bits per heavy atom. The van der Waals surface area contributed by atoms with E-state index in [1.807, 2.05) is 20.8 Å². The highest BCUT2D eigenvalue weighted by Gasteiger charge is 2.25. The zero-order valence-corrected chi connectivity index (χ0v) is 20.7. The fourth-order valence-electron chi connectivity index (χ4n) is 4.53. The zero-order chi connectivity index (χ0) is 24.3. The first-order valence-electron chi connectivity index (χ1n) is 12.1. The number of rotatable bonds is 8. The molecule has 0 spiro atoms. The van der Waals surface area contributed by atoms with Gasteiger partial charge in [-0.1, -0.05) is 47.0 Å². The highest BCUT2D eigenvalue weighted by Crippen LogP contribution is 2.28. The molecule has 1 aliphatic carbocycles. The summed E-state index contributed by atoms with van der Waals surface area (Å²) in [4.78, 5) is 25.9. The van der Waals surface area contributed by atoms with E-state index < -0.39 is 11.5 Å². The van der Waals surface area contributed by atoms with Crippen LogP contribution in [-0.4, -0.2) is 32.4 Å². The van der Waals surface area contributed by atoms with Crippen LogP contribution in [0.15, 0.2) is 16.9 Å². The molecule has 8 heteroatoms. The van der Waals surface area contributed by atoms with Crippen LogP contribution in [-0.2, 0) is 7.05 Å². The molecular weight excluding hydrogens is 423 g/mol. The third-order valence-corrected chi connectivity index (χ3v) is 6.12. The second-order valence-corrected chi connectivity index (χ2v) is 9.93. The molecule has 1 amide bonds. The minimum Gasteiger partial charge on any atom is -0.490 e. The Labute approximate surface area is 195 Å². The Bertz CT molecular complexity index is 1040. The summed E-state index contributed by atoms with van der Waals surface area (Å²) < 4.78 is 23.9. The summed E-state index contributed by atoms with van der Waals surface area (Å²) >= 11 is 0. The molecule has 0 bridgehead atoms. The van der Waals surface area contributed by atoms with E-state index in [2.05, 4.69) is 24.3 Å². The van der Waals surface area contributed by atoms with E-state index in [0.717, 1.165) is 36.8 Å². The molecule has 1 unspecified atom stereocenters. The van der Waals surface area contributed by atoms with Gasteiger partial charge >= 0.3 is 5.69 Å². The number of hydrogen-bond donors (Lipinski definition) is 1. The van der Waals surface area contributed by atoms with Gasteiger partial charge in [0.25, 0.3) is 5.91 Å². The SMILES string of the molecule is CC(C)CC(C)Oc1cc(-n2nc(C(C)C)n(C)c2=O)c(F)cc1C(=O)NC1CCCCC1. The lowest BCUT2D eigenvalue weighted by atomic mass is 9.95. The molecule has 7 nitrogen and oxygen atoms in total. The lowest BCUT2D eigenvalue weighted by Crippen LogP contribution is -2.36. The topological polar surface area (TPSA) is 78.2 Å². The molecule has 0 aliphatic heterocycles. The molecule has 1 N–H and O–H groups in total. The van der Waals surface area contributed by atoms with E-state index in [-0.39, 0.29) is 41.0 Å². The summed E-state index contributed by atoms with van der Waals surface area (Å²) in [7, 11) is 1.62. The number of carbonyl (C=O) groups is 1. The van der Waals surface area contributed by atoms with Gasteiger partial charge in [0.15, 0.2) is 0 Å². The van der Waals surface area contributed by atoms with Crippen molar-refractivity contribution in [1.29, 1.82) is 0 Å². The Morgan fingerprint density at radius 1 is 1.18 bits per heavy atom. The van der Waals surface area contributed by atoms with Gasteiger partial charge in [0.1, 0.15) is 23.1 Å². The van der Waals surface area contributed by atoms with Gasteiger partial charge in [-0.25, -0.2) is 9.18 Å². The third-order valence-electron chi connectivity index (χ3n) is 6.12. The second-order valence-electron chi connectivity index (χ2n) is 9.93. The van der Waals surface area contributed by atoms with E-state index in [4.69, 9.17) is 4.74 Å². The van der Waals surface area contributed by atoms with Gasteiger partial charge in [-0.15, -0.1) is 5.10 Å². The van der Waals surface area contributed by atoms with Crippen LogP contribution >= 0.6 is 0 Å². The monoisotopic (exact) mass is 460 g/mol. The maximum absolute atomic E-state index is 15.3. The molecule has 1 aliphatic rings. The molecule has 33 heavy (non-hydrogen) atoms.